The molecule has 0 N–H and O–H groups in total. The van der Waals surface area contributed by atoms with E-state index in [0.29, 0.717) is 0 Å². The zero-order chi connectivity index (χ0) is 61.1. The summed E-state index contributed by atoms with van der Waals surface area (Å²) in [6.07, 6.45) is -27.1. The smallest absolute Gasteiger partial charge is 0.459 e. The lowest BCUT2D eigenvalue weighted by atomic mass is 9.97. The van der Waals surface area contributed by atoms with Gasteiger partial charge < -0.3 is 42.6 Å². The molecule has 0 bridgehead atoms. The third-order valence-corrected chi connectivity index (χ3v) is 14.4. The van der Waals surface area contributed by atoms with Crippen LogP contribution in [-0.4, -0.2) is 138 Å². The van der Waals surface area contributed by atoms with Gasteiger partial charge in [-0.15, -0.1) is 0 Å². The van der Waals surface area contributed by atoms with Gasteiger partial charge in [-0.25, -0.2) is 28.8 Å². The summed E-state index contributed by atoms with van der Waals surface area (Å²) in [6, 6.07) is 38.7. The molecule has 8 rings (SSSR count). The second-order valence-electron chi connectivity index (χ2n) is 18.0. The number of esters is 6. The summed E-state index contributed by atoms with van der Waals surface area (Å²) in [5.74, 6) is -8.39. The second-order valence-corrected chi connectivity index (χ2v) is 21.1. The molecule has 0 aromatic heterocycles. The van der Waals surface area contributed by atoms with Gasteiger partial charge in [-0.1, -0.05) is 109 Å². The highest BCUT2D eigenvalue weighted by Gasteiger charge is 2.62. The van der Waals surface area contributed by atoms with E-state index in [2.05, 4.69) is 0 Å². The van der Waals surface area contributed by atoms with Crippen molar-refractivity contribution < 1.29 is 123 Å². The Morgan fingerprint density at radius 3 is 0.800 bits per heavy atom. The van der Waals surface area contributed by atoms with Crippen LogP contribution in [0.2, 0.25) is 0 Å². The van der Waals surface area contributed by atoms with Gasteiger partial charge in [0.05, 0.1) is 33.4 Å². The number of carbonyl (C=O) groups is 6. The van der Waals surface area contributed by atoms with Gasteiger partial charge in [0.2, 0.25) is 12.6 Å². The van der Waals surface area contributed by atoms with Crippen molar-refractivity contribution in [2.45, 2.75) is 72.4 Å². The predicted octanol–water partition coefficient (Wildman–Crippen LogP) is 7.54. The van der Waals surface area contributed by atoms with Crippen molar-refractivity contribution in [2.75, 3.05) is 13.2 Å². The number of carbonyl (C=O) groups excluding carboxylic acids is 6. The molecule has 448 valence electrons. The van der Waals surface area contributed by atoms with Crippen LogP contribution in [0.4, 0.5) is 26.3 Å². The Kier molecular flexibility index (Phi) is 19.8. The number of hydrogen-bond acceptors (Lipinski definition) is 21. The Hall–Kier alpha value is -8.58. The third-order valence-electron chi connectivity index (χ3n) is 12.3. The maximum absolute atomic E-state index is 14.5. The molecule has 2 fully saturated rings. The van der Waals surface area contributed by atoms with Crippen LogP contribution in [0.5, 0.6) is 0 Å². The first-order valence-electron chi connectivity index (χ1n) is 24.8. The summed E-state index contributed by atoms with van der Waals surface area (Å²) in [4.78, 5) is 83.8. The molecule has 6 aromatic carbocycles. The van der Waals surface area contributed by atoms with Gasteiger partial charge >= 0.3 is 67.1 Å². The number of halogens is 6. The molecule has 0 unspecified atom stereocenters. The topological polar surface area (TPSA) is 272 Å². The molecule has 85 heavy (non-hydrogen) atoms. The molecule has 2 saturated heterocycles. The average Bonchev–Trinajstić information content (AvgIpc) is 3.44. The standard InChI is InChI=1S/C56H44F6O21S2/c57-55(58,59)84(69,70)82-41-39(31-73-47(63)33-19-7-1-8-20-33)75-53(45(79-51(67)37-27-15-5-16-28-37)43(41)77-49(65)35-23-11-3-12-24-35)81-54-46(80-52(68)38-29-17-6-18-30-38)44(78-50(66)36-25-13-4-14-26-36)42(83-85(71,72)56(60,61)62)40(76-54)32-74-48(64)34-21-9-2-10-22-34/h1-30,39-46,53-54H,31-32H2/t39-,40-,41-,42-,43+,44+,45-,46-,53-,54-/m1/s1. The minimum atomic E-state index is -6.87. The van der Waals surface area contributed by atoms with Crippen molar-refractivity contribution >= 4 is 56.1 Å². The fourth-order valence-electron chi connectivity index (χ4n) is 8.22. The molecule has 2 aliphatic rings. The third kappa shape index (κ3) is 15.6. The maximum atomic E-state index is 14.5. The summed E-state index contributed by atoms with van der Waals surface area (Å²) < 4.78 is 201. The predicted molar refractivity (Wildman–Crippen MR) is 274 cm³/mol. The highest BCUT2D eigenvalue weighted by molar-refractivity contribution is 7.87. The van der Waals surface area contributed by atoms with E-state index in [1.54, 1.807) is 0 Å². The van der Waals surface area contributed by atoms with Gasteiger partial charge in [0.1, 0.15) is 37.6 Å². The van der Waals surface area contributed by atoms with E-state index >= 15 is 0 Å². The molecule has 0 amide bonds. The van der Waals surface area contributed by atoms with Crippen LogP contribution in [0.3, 0.4) is 0 Å². The van der Waals surface area contributed by atoms with Crippen LogP contribution in [-0.2, 0) is 71.2 Å². The molecular weight excluding hydrogens is 1190 g/mol. The van der Waals surface area contributed by atoms with Crippen molar-refractivity contribution in [2.24, 2.45) is 0 Å². The molecule has 0 aliphatic carbocycles. The van der Waals surface area contributed by atoms with Crippen LogP contribution in [0.25, 0.3) is 0 Å². The van der Waals surface area contributed by atoms with E-state index in [1.807, 2.05) is 0 Å². The van der Waals surface area contributed by atoms with Crippen molar-refractivity contribution in [3.63, 3.8) is 0 Å². The fraction of sp³-hybridized carbons (Fsp3) is 0.250. The average molecular weight is 1230 g/mol. The minimum absolute atomic E-state index is 0.202. The molecule has 2 heterocycles. The van der Waals surface area contributed by atoms with E-state index < -0.39 is 142 Å². The fourth-order valence-corrected chi connectivity index (χ4v) is 9.49. The number of hydrogen-bond donors (Lipinski definition) is 0. The van der Waals surface area contributed by atoms with Gasteiger partial charge in [-0.3, -0.25) is 8.37 Å². The first-order chi connectivity index (χ1) is 40.4. The molecule has 0 radical (unpaired) electrons. The van der Waals surface area contributed by atoms with Crippen molar-refractivity contribution in [1.82, 2.24) is 0 Å². The van der Waals surface area contributed by atoms with E-state index in [9.17, 15) is 71.9 Å². The normalized spacial score (nSPS) is 22.6. The molecular formula is C56H44F6O21S2. The second kappa shape index (κ2) is 27.0. The molecule has 0 spiro atoms. The van der Waals surface area contributed by atoms with Crippen LogP contribution in [0.15, 0.2) is 182 Å². The summed E-state index contributed by atoms with van der Waals surface area (Å²) in [5, 5.41) is 0. The van der Waals surface area contributed by atoms with Gasteiger partial charge in [-0.2, -0.15) is 43.2 Å². The van der Waals surface area contributed by atoms with Gasteiger partial charge in [0.25, 0.3) is 0 Å². The largest absolute Gasteiger partial charge is 0.523 e. The van der Waals surface area contributed by atoms with E-state index in [-0.39, 0.29) is 33.4 Å². The van der Waals surface area contributed by atoms with Crippen molar-refractivity contribution in [3.8, 4) is 0 Å². The molecule has 6 aromatic rings. The van der Waals surface area contributed by atoms with Crippen LogP contribution in [0.1, 0.15) is 62.1 Å². The van der Waals surface area contributed by atoms with Crippen molar-refractivity contribution in [3.05, 3.63) is 215 Å². The molecule has 2 aliphatic heterocycles. The molecule has 21 nitrogen and oxygen atoms in total. The summed E-state index contributed by atoms with van der Waals surface area (Å²) >= 11 is 0. The number of rotatable bonds is 20. The number of benzene rings is 6. The lowest BCUT2D eigenvalue weighted by Crippen LogP contribution is -2.67. The van der Waals surface area contributed by atoms with Crippen LogP contribution >= 0.6 is 0 Å². The maximum Gasteiger partial charge on any atom is 0.523 e. The summed E-state index contributed by atoms with van der Waals surface area (Å²) in [7, 11) is -13.7. The Balaban J connectivity index is 1.33. The number of alkyl halides is 6. The highest BCUT2D eigenvalue weighted by atomic mass is 32.2. The quantitative estimate of drug-likeness (QED) is 0.0235. The Labute approximate surface area is 478 Å². The van der Waals surface area contributed by atoms with Gasteiger partial charge in [0, 0.05) is 0 Å². The Bertz CT molecular complexity index is 3280. The summed E-state index contributed by atoms with van der Waals surface area (Å²) in [5.41, 5.74) is -14.5. The van der Waals surface area contributed by atoms with Crippen LogP contribution < -0.4 is 0 Å². The lowest BCUT2D eigenvalue weighted by Gasteiger charge is -2.48. The number of ether oxygens (including phenoxy) is 9. The van der Waals surface area contributed by atoms with E-state index in [0.717, 1.165) is 48.5 Å². The SMILES string of the molecule is O=C(OC[C@H]1O[C@H](O[C@H]2O[C@H](COC(=O)c3ccccc3)[C@@H](OS(=O)(=O)C(F)(F)F)[C@H](OC(=O)c3ccccc3)[C@H]2OC(=O)c2ccccc2)[C@H](OC(=O)c2ccccc2)[C@@H](OC(=O)c2ccccc2)[C@@H]1OS(=O)(=O)C(F)(F)F)c1ccccc1. The highest BCUT2D eigenvalue weighted by Crippen LogP contribution is 2.40. The zero-order valence-corrected chi connectivity index (χ0v) is 44.8. The first kappa shape index (κ1) is 62.5. The molecule has 0 saturated carbocycles. The van der Waals surface area contributed by atoms with Gasteiger partial charge in [0.15, 0.2) is 24.4 Å². The lowest BCUT2D eigenvalue weighted by molar-refractivity contribution is -0.371. The Morgan fingerprint density at radius 1 is 0.341 bits per heavy atom. The first-order valence-corrected chi connectivity index (χ1v) is 27.7. The molecule has 10 atom stereocenters. The monoisotopic (exact) mass is 1230 g/mol. The minimum Gasteiger partial charge on any atom is -0.459 e. The van der Waals surface area contributed by atoms with Crippen molar-refractivity contribution in [1.29, 1.82) is 0 Å². The van der Waals surface area contributed by atoms with Crippen LogP contribution in [0, 0.1) is 0 Å². The van der Waals surface area contributed by atoms with E-state index in [4.69, 9.17) is 51.0 Å². The summed E-state index contributed by atoms with van der Waals surface area (Å²) in [6.45, 7) is -2.74. The van der Waals surface area contributed by atoms with Gasteiger partial charge in [-0.05, 0) is 72.8 Å². The molecule has 29 heteroatoms. The zero-order valence-electron chi connectivity index (χ0n) is 43.2. The Morgan fingerprint density at radius 2 is 0.565 bits per heavy atom. The van der Waals surface area contributed by atoms with E-state index in [1.165, 1.54) is 133 Å².